The first-order valence-corrected chi connectivity index (χ1v) is 10.6. The fraction of sp³-hybridized carbons (Fsp3) is 0.682. The number of carbonyl (C=O) groups excluding carboxylic acids is 1. The average Bonchev–Trinajstić information content (AvgIpc) is 2.69. The number of likely N-dealkylation sites (tertiary alicyclic amines) is 1. The van der Waals surface area contributed by atoms with Crippen LogP contribution >= 0.6 is 0 Å². The summed E-state index contributed by atoms with van der Waals surface area (Å²) >= 11 is 0. The summed E-state index contributed by atoms with van der Waals surface area (Å²) in [4.78, 5) is 19.9. The summed E-state index contributed by atoms with van der Waals surface area (Å²) in [5.41, 5.74) is 2.22. The normalized spacial score (nSPS) is 21.1. The average molecular weight is 373 g/mol. The Bertz CT molecular complexity index is 592. The van der Waals surface area contributed by atoms with Crippen LogP contribution in [0.25, 0.3) is 0 Å². The number of piperazine rings is 1. The van der Waals surface area contributed by atoms with Gasteiger partial charge in [-0.15, -0.1) is 0 Å². The van der Waals surface area contributed by atoms with Gasteiger partial charge >= 0.3 is 0 Å². The van der Waals surface area contributed by atoms with E-state index < -0.39 is 0 Å². The molecule has 1 unspecified atom stereocenters. The van der Waals surface area contributed by atoms with Gasteiger partial charge in [-0.25, -0.2) is 0 Å². The van der Waals surface area contributed by atoms with Crippen molar-refractivity contribution >= 4 is 11.6 Å². The number of nitrogens with one attached hydrogen (secondary N) is 1. The van der Waals surface area contributed by atoms with Gasteiger partial charge in [0.1, 0.15) is 0 Å². The van der Waals surface area contributed by atoms with Crippen molar-refractivity contribution < 1.29 is 4.79 Å². The third-order valence-electron chi connectivity index (χ3n) is 6.08. The van der Waals surface area contributed by atoms with Crippen LogP contribution in [-0.4, -0.2) is 73.0 Å². The molecule has 1 amide bonds. The van der Waals surface area contributed by atoms with E-state index in [9.17, 15) is 4.79 Å². The van der Waals surface area contributed by atoms with E-state index in [1.54, 1.807) is 0 Å². The maximum Gasteiger partial charge on any atom is 0.224 e. The maximum atomic E-state index is 12.5. The third-order valence-corrected chi connectivity index (χ3v) is 6.08. The highest BCUT2D eigenvalue weighted by atomic mass is 16.1. The number of anilines is 1. The van der Waals surface area contributed by atoms with Gasteiger partial charge < -0.3 is 10.2 Å². The van der Waals surface area contributed by atoms with Crippen LogP contribution in [0, 0.1) is 0 Å². The van der Waals surface area contributed by atoms with E-state index in [0.29, 0.717) is 12.5 Å². The summed E-state index contributed by atoms with van der Waals surface area (Å²) in [5, 5.41) is 3.17. The second-order valence-electron chi connectivity index (χ2n) is 8.27. The van der Waals surface area contributed by atoms with Crippen LogP contribution in [0.2, 0.25) is 0 Å². The summed E-state index contributed by atoms with van der Waals surface area (Å²) < 4.78 is 0. The van der Waals surface area contributed by atoms with E-state index in [-0.39, 0.29) is 5.91 Å². The molecule has 0 spiro atoms. The van der Waals surface area contributed by atoms with Crippen LogP contribution in [0.15, 0.2) is 24.3 Å². The SMILES string of the molecule is CC(CCC(=O)Nc1ccccc1CN1CCCCC1)N1CCN(C)CC1. The van der Waals surface area contributed by atoms with Gasteiger partial charge in [0.2, 0.25) is 5.91 Å². The van der Waals surface area contributed by atoms with Crippen molar-refractivity contribution in [3.8, 4) is 0 Å². The molecule has 150 valence electrons. The minimum Gasteiger partial charge on any atom is -0.326 e. The lowest BCUT2D eigenvalue weighted by atomic mass is 10.1. The summed E-state index contributed by atoms with van der Waals surface area (Å²) in [6.45, 7) is 10.0. The number of likely N-dealkylation sites (N-methyl/N-ethyl adjacent to an activating group) is 1. The molecule has 0 aliphatic carbocycles. The van der Waals surface area contributed by atoms with Gasteiger partial charge in [0.05, 0.1) is 0 Å². The summed E-state index contributed by atoms with van der Waals surface area (Å²) in [6, 6.07) is 8.75. The van der Waals surface area contributed by atoms with Crippen molar-refractivity contribution in [2.45, 2.75) is 51.6 Å². The maximum absolute atomic E-state index is 12.5. The molecule has 2 aliphatic rings. The number of nitrogens with zero attached hydrogens (tertiary/aromatic N) is 3. The van der Waals surface area contributed by atoms with Crippen molar-refractivity contribution in [2.24, 2.45) is 0 Å². The largest absolute Gasteiger partial charge is 0.326 e. The molecule has 2 fully saturated rings. The Balaban J connectivity index is 1.47. The molecule has 0 radical (unpaired) electrons. The highest BCUT2D eigenvalue weighted by Crippen LogP contribution is 2.20. The highest BCUT2D eigenvalue weighted by molar-refractivity contribution is 5.91. The van der Waals surface area contributed by atoms with E-state index in [4.69, 9.17) is 0 Å². The summed E-state index contributed by atoms with van der Waals surface area (Å²) in [5.74, 6) is 0.141. The summed E-state index contributed by atoms with van der Waals surface area (Å²) in [6.07, 6.45) is 5.44. The molecule has 1 aromatic rings. The van der Waals surface area contributed by atoms with Crippen LogP contribution in [0.5, 0.6) is 0 Å². The monoisotopic (exact) mass is 372 g/mol. The number of piperidine rings is 1. The zero-order valence-electron chi connectivity index (χ0n) is 17.1. The van der Waals surface area contributed by atoms with Gasteiger partial charge in [-0.3, -0.25) is 14.6 Å². The molecule has 2 aliphatic heterocycles. The number of para-hydroxylation sites is 1. The fourth-order valence-electron chi connectivity index (χ4n) is 4.14. The number of carbonyl (C=O) groups is 1. The van der Waals surface area contributed by atoms with Gasteiger partial charge in [-0.1, -0.05) is 24.6 Å². The van der Waals surface area contributed by atoms with Crippen molar-refractivity contribution in [3.05, 3.63) is 29.8 Å². The Morgan fingerprint density at radius 1 is 1.04 bits per heavy atom. The van der Waals surface area contributed by atoms with E-state index in [2.05, 4.69) is 46.1 Å². The molecule has 1 atom stereocenters. The van der Waals surface area contributed by atoms with E-state index in [1.807, 2.05) is 12.1 Å². The lowest BCUT2D eigenvalue weighted by molar-refractivity contribution is -0.116. The summed E-state index contributed by atoms with van der Waals surface area (Å²) in [7, 11) is 2.18. The number of hydrogen-bond acceptors (Lipinski definition) is 4. The topological polar surface area (TPSA) is 38.8 Å². The Labute approximate surface area is 164 Å². The predicted octanol–water partition coefficient (Wildman–Crippen LogP) is 3.03. The van der Waals surface area contributed by atoms with Gasteiger partial charge in [0.15, 0.2) is 0 Å². The zero-order chi connectivity index (χ0) is 19.1. The first-order valence-electron chi connectivity index (χ1n) is 10.6. The highest BCUT2D eigenvalue weighted by Gasteiger charge is 2.20. The fourth-order valence-corrected chi connectivity index (χ4v) is 4.14. The predicted molar refractivity (Wildman–Crippen MR) is 112 cm³/mol. The minimum atomic E-state index is 0.141. The van der Waals surface area contributed by atoms with Crippen LogP contribution in [0.4, 0.5) is 5.69 Å². The van der Waals surface area contributed by atoms with E-state index in [0.717, 1.165) is 44.8 Å². The molecule has 5 heteroatoms. The van der Waals surface area contributed by atoms with Crippen LogP contribution in [0.1, 0.15) is 44.6 Å². The Kier molecular flexibility index (Phi) is 7.68. The molecule has 1 aromatic carbocycles. The molecule has 3 rings (SSSR count). The molecule has 5 nitrogen and oxygen atoms in total. The minimum absolute atomic E-state index is 0.141. The second-order valence-corrected chi connectivity index (χ2v) is 8.27. The number of rotatable bonds is 7. The van der Waals surface area contributed by atoms with Crippen molar-refractivity contribution in [1.29, 1.82) is 0 Å². The van der Waals surface area contributed by atoms with Gasteiger partial charge in [0.25, 0.3) is 0 Å². The Morgan fingerprint density at radius 2 is 1.74 bits per heavy atom. The molecule has 1 N–H and O–H groups in total. The molecule has 0 saturated carbocycles. The van der Waals surface area contributed by atoms with Crippen LogP contribution < -0.4 is 5.32 Å². The number of amides is 1. The molecular weight excluding hydrogens is 336 g/mol. The third kappa shape index (κ3) is 6.30. The van der Waals surface area contributed by atoms with Crippen LogP contribution in [0.3, 0.4) is 0 Å². The molecule has 0 aromatic heterocycles. The molecular formula is C22H36N4O. The second kappa shape index (κ2) is 10.2. The Morgan fingerprint density at radius 3 is 2.48 bits per heavy atom. The number of hydrogen-bond donors (Lipinski definition) is 1. The lowest BCUT2D eigenvalue weighted by Crippen LogP contribution is -2.48. The quantitative estimate of drug-likeness (QED) is 0.799. The van der Waals surface area contributed by atoms with E-state index in [1.165, 1.54) is 37.9 Å². The smallest absolute Gasteiger partial charge is 0.224 e. The van der Waals surface area contributed by atoms with Gasteiger partial charge in [-0.2, -0.15) is 0 Å². The van der Waals surface area contributed by atoms with Crippen LogP contribution in [-0.2, 0) is 11.3 Å². The first kappa shape index (κ1) is 20.3. The van der Waals surface area contributed by atoms with Crippen molar-refractivity contribution in [3.63, 3.8) is 0 Å². The first-order chi connectivity index (χ1) is 13.1. The lowest BCUT2D eigenvalue weighted by Gasteiger charge is -2.36. The Hall–Kier alpha value is -1.43. The van der Waals surface area contributed by atoms with Gasteiger partial charge in [0, 0.05) is 50.9 Å². The molecule has 27 heavy (non-hydrogen) atoms. The number of benzene rings is 1. The van der Waals surface area contributed by atoms with Crippen molar-refractivity contribution in [1.82, 2.24) is 14.7 Å². The van der Waals surface area contributed by atoms with Crippen molar-refractivity contribution in [2.75, 3.05) is 51.6 Å². The molecule has 2 saturated heterocycles. The zero-order valence-corrected chi connectivity index (χ0v) is 17.1. The van der Waals surface area contributed by atoms with E-state index >= 15 is 0 Å². The van der Waals surface area contributed by atoms with Gasteiger partial charge in [-0.05, 0) is 58.0 Å². The standard InChI is InChI=1S/C22H36N4O/c1-19(26-16-14-24(2)15-17-26)10-11-22(27)23-21-9-5-4-8-20(21)18-25-12-6-3-7-13-25/h4-5,8-9,19H,3,6-7,10-18H2,1-2H3,(H,23,27). The molecule has 0 bridgehead atoms. The molecule has 2 heterocycles.